The van der Waals surface area contributed by atoms with Crippen LogP contribution in [0.4, 0.5) is 8.78 Å². The normalized spacial score (nSPS) is 17.6. The lowest BCUT2D eigenvalue weighted by Gasteiger charge is -2.22. The van der Waals surface area contributed by atoms with Gasteiger partial charge >= 0.3 is 6.61 Å². The van der Waals surface area contributed by atoms with E-state index in [1.165, 1.54) is 17.0 Å². The summed E-state index contributed by atoms with van der Waals surface area (Å²) in [7, 11) is 0. The van der Waals surface area contributed by atoms with Gasteiger partial charge in [0.1, 0.15) is 5.75 Å². The Kier molecular flexibility index (Phi) is 6.57. The Bertz CT molecular complexity index is 692. The zero-order chi connectivity index (χ0) is 18.4. The summed E-state index contributed by atoms with van der Waals surface area (Å²) in [5, 5.41) is 5.02. The molecule has 26 heavy (non-hydrogen) atoms. The first-order chi connectivity index (χ1) is 12.6. The molecule has 0 bridgehead atoms. The van der Waals surface area contributed by atoms with Crippen LogP contribution < -0.4 is 10.1 Å². The fourth-order valence-corrected chi connectivity index (χ4v) is 4.14. The molecule has 1 saturated heterocycles. The van der Waals surface area contributed by atoms with Crippen LogP contribution in [0.15, 0.2) is 41.8 Å². The molecule has 0 saturated carbocycles. The van der Waals surface area contributed by atoms with Crippen molar-refractivity contribution in [3.8, 4) is 5.75 Å². The standard InChI is InChI=1S/C19H22F2N2O2S/c20-19(21)25-15-7-5-14(6-8-15)9-10-22-18(24)13-23-11-1-3-16(23)17-4-2-12-26-17/h2,4-8,12,16,19H,1,3,9-11,13H2,(H,22,24)/t16-/m1/s1. The highest BCUT2D eigenvalue weighted by Crippen LogP contribution is 2.33. The molecule has 1 atom stereocenters. The quantitative estimate of drug-likeness (QED) is 0.756. The van der Waals surface area contributed by atoms with Crippen molar-refractivity contribution < 1.29 is 18.3 Å². The van der Waals surface area contributed by atoms with Crippen LogP contribution in [0.25, 0.3) is 0 Å². The lowest BCUT2D eigenvalue weighted by Crippen LogP contribution is -2.37. The van der Waals surface area contributed by atoms with Gasteiger partial charge in [-0.1, -0.05) is 18.2 Å². The monoisotopic (exact) mass is 380 g/mol. The van der Waals surface area contributed by atoms with Gasteiger partial charge in [-0.2, -0.15) is 8.78 Å². The highest BCUT2D eigenvalue weighted by Gasteiger charge is 2.27. The van der Waals surface area contributed by atoms with Gasteiger partial charge in [-0.05, 0) is 54.9 Å². The maximum Gasteiger partial charge on any atom is 0.387 e. The number of hydrogen-bond acceptors (Lipinski definition) is 4. The van der Waals surface area contributed by atoms with Gasteiger partial charge in [0, 0.05) is 17.5 Å². The molecule has 0 unspecified atom stereocenters. The van der Waals surface area contributed by atoms with Crippen LogP contribution in [0.2, 0.25) is 0 Å². The minimum Gasteiger partial charge on any atom is -0.435 e. The largest absolute Gasteiger partial charge is 0.435 e. The summed E-state index contributed by atoms with van der Waals surface area (Å²) in [6, 6.07) is 11.0. The predicted molar refractivity (Wildman–Crippen MR) is 97.7 cm³/mol. The molecule has 0 spiro atoms. The number of likely N-dealkylation sites (tertiary alicyclic amines) is 1. The molecule has 7 heteroatoms. The van der Waals surface area contributed by atoms with Crippen LogP contribution in [0.5, 0.6) is 5.75 Å². The zero-order valence-corrected chi connectivity index (χ0v) is 15.2. The number of rotatable bonds is 8. The van der Waals surface area contributed by atoms with Crippen molar-refractivity contribution in [1.82, 2.24) is 10.2 Å². The molecule has 1 amide bonds. The molecule has 2 heterocycles. The van der Waals surface area contributed by atoms with Crippen LogP contribution in [0, 0.1) is 0 Å². The number of nitrogens with one attached hydrogen (secondary N) is 1. The summed E-state index contributed by atoms with van der Waals surface area (Å²) >= 11 is 1.74. The van der Waals surface area contributed by atoms with Gasteiger partial charge in [0.2, 0.25) is 5.91 Å². The number of carbonyl (C=O) groups excluding carboxylic acids is 1. The van der Waals surface area contributed by atoms with Crippen LogP contribution in [0.3, 0.4) is 0 Å². The molecule has 1 N–H and O–H groups in total. The molecular formula is C19H22F2N2O2S. The fourth-order valence-electron chi connectivity index (χ4n) is 3.24. The van der Waals surface area contributed by atoms with Crippen molar-refractivity contribution in [2.45, 2.75) is 31.9 Å². The predicted octanol–water partition coefficient (Wildman–Crippen LogP) is 3.85. The molecule has 1 aliphatic heterocycles. The summed E-state index contributed by atoms with van der Waals surface area (Å²) in [5.41, 5.74) is 0.963. The molecule has 1 fully saturated rings. The Morgan fingerprint density at radius 1 is 1.31 bits per heavy atom. The third-order valence-corrected chi connectivity index (χ3v) is 5.44. The van der Waals surface area contributed by atoms with Crippen molar-refractivity contribution in [3.63, 3.8) is 0 Å². The van der Waals surface area contributed by atoms with E-state index in [2.05, 4.69) is 26.4 Å². The van der Waals surface area contributed by atoms with Crippen molar-refractivity contribution in [3.05, 3.63) is 52.2 Å². The SMILES string of the molecule is O=C(CN1CCC[C@@H]1c1cccs1)NCCc1ccc(OC(F)F)cc1. The van der Waals surface area contributed by atoms with E-state index < -0.39 is 6.61 Å². The average Bonchev–Trinajstić information content (AvgIpc) is 3.27. The number of halogens is 2. The van der Waals surface area contributed by atoms with Crippen LogP contribution in [-0.2, 0) is 11.2 Å². The second kappa shape index (κ2) is 9.09. The van der Waals surface area contributed by atoms with Crippen LogP contribution >= 0.6 is 11.3 Å². The number of carbonyl (C=O) groups is 1. The number of alkyl halides is 2. The number of amides is 1. The summed E-state index contributed by atoms with van der Waals surface area (Å²) in [5.74, 6) is 0.160. The molecule has 1 aromatic heterocycles. The molecule has 4 nitrogen and oxygen atoms in total. The van der Waals surface area contributed by atoms with E-state index in [0.717, 1.165) is 24.9 Å². The lowest BCUT2D eigenvalue weighted by atomic mass is 10.1. The number of nitrogens with zero attached hydrogens (tertiary/aromatic N) is 1. The maximum atomic E-state index is 12.2. The lowest BCUT2D eigenvalue weighted by molar-refractivity contribution is -0.122. The Morgan fingerprint density at radius 2 is 2.12 bits per heavy atom. The summed E-state index contributed by atoms with van der Waals surface area (Å²) in [6.45, 7) is -0.944. The summed E-state index contributed by atoms with van der Waals surface area (Å²) in [4.78, 5) is 15.8. The fraction of sp³-hybridized carbons (Fsp3) is 0.421. The Labute approximate surface area is 155 Å². The Balaban J connectivity index is 1.41. The third-order valence-electron chi connectivity index (χ3n) is 4.47. The van der Waals surface area contributed by atoms with Crippen molar-refractivity contribution >= 4 is 17.2 Å². The minimum atomic E-state index is -2.82. The average molecular weight is 380 g/mol. The highest BCUT2D eigenvalue weighted by molar-refractivity contribution is 7.10. The van der Waals surface area contributed by atoms with Gasteiger partial charge in [0.25, 0.3) is 0 Å². The Morgan fingerprint density at radius 3 is 2.81 bits per heavy atom. The molecular weight excluding hydrogens is 358 g/mol. The first-order valence-corrected chi connectivity index (χ1v) is 9.57. The van der Waals surface area contributed by atoms with E-state index in [1.807, 2.05) is 6.07 Å². The van der Waals surface area contributed by atoms with Gasteiger partial charge in [-0.3, -0.25) is 9.69 Å². The molecule has 0 radical (unpaired) electrons. The number of hydrogen-bond donors (Lipinski definition) is 1. The highest BCUT2D eigenvalue weighted by atomic mass is 32.1. The Hall–Kier alpha value is -1.99. The first kappa shape index (κ1) is 18.8. The van der Waals surface area contributed by atoms with Gasteiger partial charge < -0.3 is 10.1 Å². The van der Waals surface area contributed by atoms with E-state index in [4.69, 9.17) is 0 Å². The molecule has 140 valence electrons. The van der Waals surface area contributed by atoms with E-state index in [0.29, 0.717) is 25.6 Å². The van der Waals surface area contributed by atoms with Crippen molar-refractivity contribution in [2.75, 3.05) is 19.6 Å². The van der Waals surface area contributed by atoms with Crippen molar-refractivity contribution in [1.29, 1.82) is 0 Å². The van der Waals surface area contributed by atoms with Gasteiger partial charge in [0.05, 0.1) is 6.54 Å². The first-order valence-electron chi connectivity index (χ1n) is 8.70. The second-order valence-corrected chi connectivity index (χ2v) is 7.25. The number of benzene rings is 1. The van der Waals surface area contributed by atoms with E-state index in [1.54, 1.807) is 23.5 Å². The van der Waals surface area contributed by atoms with Crippen molar-refractivity contribution in [2.24, 2.45) is 0 Å². The minimum absolute atomic E-state index is 0.0195. The molecule has 3 rings (SSSR count). The number of ether oxygens (including phenoxy) is 1. The van der Waals surface area contributed by atoms with E-state index in [9.17, 15) is 13.6 Å². The van der Waals surface area contributed by atoms with E-state index in [-0.39, 0.29) is 11.7 Å². The van der Waals surface area contributed by atoms with Crippen LogP contribution in [-0.4, -0.2) is 37.1 Å². The molecule has 1 aliphatic rings. The summed E-state index contributed by atoms with van der Waals surface area (Å²) in [6.07, 6.45) is 2.86. The summed E-state index contributed by atoms with van der Waals surface area (Å²) < 4.78 is 28.6. The van der Waals surface area contributed by atoms with E-state index >= 15 is 0 Å². The smallest absolute Gasteiger partial charge is 0.387 e. The van der Waals surface area contributed by atoms with Gasteiger partial charge in [-0.15, -0.1) is 11.3 Å². The second-order valence-electron chi connectivity index (χ2n) is 6.27. The topological polar surface area (TPSA) is 41.6 Å². The van der Waals surface area contributed by atoms with Crippen LogP contribution in [0.1, 0.15) is 29.3 Å². The van der Waals surface area contributed by atoms with Gasteiger partial charge in [0.15, 0.2) is 0 Å². The molecule has 1 aromatic carbocycles. The zero-order valence-electron chi connectivity index (χ0n) is 14.4. The molecule has 0 aliphatic carbocycles. The molecule has 2 aromatic rings. The maximum absolute atomic E-state index is 12.2. The number of thiophene rings is 1. The third kappa shape index (κ3) is 5.25. The van der Waals surface area contributed by atoms with Gasteiger partial charge in [-0.25, -0.2) is 0 Å².